The van der Waals surface area contributed by atoms with Crippen LogP contribution < -0.4 is 0 Å². The molecule has 0 saturated heterocycles. The minimum Gasteiger partial charge on any atom is -0.503 e. The van der Waals surface area contributed by atoms with Crippen molar-refractivity contribution in [3.63, 3.8) is 0 Å². The summed E-state index contributed by atoms with van der Waals surface area (Å²) in [6.07, 6.45) is 4.45. The van der Waals surface area contributed by atoms with Gasteiger partial charge < -0.3 is 10.0 Å². The van der Waals surface area contributed by atoms with Gasteiger partial charge in [-0.05, 0) is 42.7 Å². The zero-order chi connectivity index (χ0) is 17.4. The maximum atomic E-state index is 12.8. The van der Waals surface area contributed by atoms with Crippen LogP contribution in [0.25, 0.3) is 0 Å². The second-order valence-corrected chi connectivity index (χ2v) is 8.25. The Balaban J connectivity index is 2.05. The highest BCUT2D eigenvalue weighted by Gasteiger charge is 2.47. The van der Waals surface area contributed by atoms with Gasteiger partial charge in [-0.15, -0.1) is 11.3 Å². The van der Waals surface area contributed by atoms with Gasteiger partial charge in [0.05, 0.1) is 11.6 Å². The summed E-state index contributed by atoms with van der Waals surface area (Å²) < 4.78 is 0. The first-order chi connectivity index (χ1) is 11.4. The molecule has 0 aromatic carbocycles. The van der Waals surface area contributed by atoms with E-state index in [1.54, 1.807) is 16.2 Å². The number of nitrogens with zero attached hydrogens (tertiary/aromatic N) is 1. The van der Waals surface area contributed by atoms with Crippen LogP contribution in [0.4, 0.5) is 0 Å². The van der Waals surface area contributed by atoms with Crippen LogP contribution in [0.3, 0.4) is 0 Å². The highest BCUT2D eigenvalue weighted by Crippen LogP contribution is 2.45. The molecule has 2 aliphatic rings. The fraction of sp³-hybridized carbons (Fsp3) is 0.579. The van der Waals surface area contributed by atoms with E-state index >= 15 is 0 Å². The maximum absolute atomic E-state index is 12.8. The fourth-order valence-corrected chi connectivity index (χ4v) is 4.90. The van der Waals surface area contributed by atoms with Gasteiger partial charge in [-0.25, -0.2) is 0 Å². The van der Waals surface area contributed by atoms with E-state index in [9.17, 15) is 14.7 Å². The van der Waals surface area contributed by atoms with Gasteiger partial charge in [0.25, 0.3) is 5.91 Å². The number of hydrogen-bond donors (Lipinski definition) is 1. The van der Waals surface area contributed by atoms with Crippen molar-refractivity contribution in [2.75, 3.05) is 0 Å². The number of ketones is 1. The second kappa shape index (κ2) is 6.71. The Bertz CT molecular complexity index is 683. The first-order valence-corrected chi connectivity index (χ1v) is 9.62. The van der Waals surface area contributed by atoms with Gasteiger partial charge in [-0.1, -0.05) is 26.7 Å². The third kappa shape index (κ3) is 2.90. The van der Waals surface area contributed by atoms with E-state index in [1.165, 1.54) is 0 Å². The van der Waals surface area contributed by atoms with Crippen LogP contribution in [0.2, 0.25) is 0 Å². The molecule has 1 aliphatic carbocycles. The van der Waals surface area contributed by atoms with Gasteiger partial charge in [-0.3, -0.25) is 9.59 Å². The highest BCUT2D eigenvalue weighted by atomic mass is 32.1. The van der Waals surface area contributed by atoms with E-state index in [0.29, 0.717) is 12.0 Å². The second-order valence-electron chi connectivity index (χ2n) is 7.30. The standard InChI is InChI=1S/C19H25NO3S/c1-11(2)10-14(21)15-16(18-12(3)8-9-24-18)20(19(23)17(15)22)13-6-4-5-7-13/h8-9,11,13,16,22H,4-7,10H2,1-3H3. The van der Waals surface area contributed by atoms with Crippen molar-refractivity contribution in [1.82, 2.24) is 4.90 Å². The quantitative estimate of drug-likeness (QED) is 0.863. The molecule has 1 unspecified atom stereocenters. The van der Waals surface area contributed by atoms with Crippen LogP contribution in [0.5, 0.6) is 0 Å². The number of Topliss-reactive ketones (excluding diaryl/α,β-unsaturated/α-hetero) is 1. The van der Waals surface area contributed by atoms with E-state index in [4.69, 9.17) is 0 Å². The van der Waals surface area contributed by atoms with Gasteiger partial charge in [0, 0.05) is 17.3 Å². The Kier molecular flexibility index (Phi) is 4.81. The smallest absolute Gasteiger partial charge is 0.290 e. The van der Waals surface area contributed by atoms with Crippen molar-refractivity contribution in [1.29, 1.82) is 0 Å². The molecule has 1 atom stereocenters. The first-order valence-electron chi connectivity index (χ1n) is 8.74. The summed E-state index contributed by atoms with van der Waals surface area (Å²) in [6, 6.07) is 1.72. The number of aliphatic hydroxyl groups is 1. The summed E-state index contributed by atoms with van der Waals surface area (Å²) >= 11 is 1.56. The monoisotopic (exact) mass is 347 g/mol. The van der Waals surface area contributed by atoms with Crippen LogP contribution in [0.1, 0.15) is 62.4 Å². The molecule has 4 nitrogen and oxygen atoms in total. The Morgan fingerprint density at radius 2 is 2.04 bits per heavy atom. The summed E-state index contributed by atoms with van der Waals surface area (Å²) in [5.74, 6) is -0.607. The highest BCUT2D eigenvalue weighted by molar-refractivity contribution is 7.10. The number of amides is 1. The van der Waals surface area contributed by atoms with E-state index in [2.05, 4.69) is 0 Å². The predicted octanol–water partition coefficient (Wildman–Crippen LogP) is 4.31. The minimum absolute atomic E-state index is 0.103. The van der Waals surface area contributed by atoms with Crippen LogP contribution >= 0.6 is 11.3 Å². The van der Waals surface area contributed by atoms with Gasteiger partial charge in [0.2, 0.25) is 0 Å². The third-order valence-electron chi connectivity index (χ3n) is 5.01. The van der Waals surface area contributed by atoms with Gasteiger partial charge in [0.1, 0.15) is 0 Å². The fourth-order valence-electron chi connectivity index (χ4n) is 3.87. The van der Waals surface area contributed by atoms with Crippen molar-refractivity contribution in [2.24, 2.45) is 5.92 Å². The molecule has 1 aliphatic heterocycles. The van der Waals surface area contributed by atoms with E-state index < -0.39 is 6.04 Å². The molecular formula is C19H25NO3S. The minimum atomic E-state index is -0.410. The summed E-state index contributed by atoms with van der Waals surface area (Å²) in [4.78, 5) is 28.4. The van der Waals surface area contributed by atoms with E-state index in [-0.39, 0.29) is 29.4 Å². The molecule has 2 heterocycles. The lowest BCUT2D eigenvalue weighted by molar-refractivity contribution is -0.131. The number of aliphatic hydroxyl groups excluding tert-OH is 1. The summed E-state index contributed by atoms with van der Waals surface area (Å²) in [6.45, 7) is 5.96. The Hall–Kier alpha value is -1.62. The summed E-state index contributed by atoms with van der Waals surface area (Å²) in [5.41, 5.74) is 1.39. The Morgan fingerprint density at radius 1 is 1.38 bits per heavy atom. The predicted molar refractivity (Wildman–Crippen MR) is 95.0 cm³/mol. The zero-order valence-electron chi connectivity index (χ0n) is 14.5. The lowest BCUT2D eigenvalue weighted by Crippen LogP contribution is -2.38. The number of hydrogen-bond acceptors (Lipinski definition) is 4. The average molecular weight is 347 g/mol. The molecule has 3 rings (SSSR count). The number of rotatable bonds is 5. The zero-order valence-corrected chi connectivity index (χ0v) is 15.4. The molecule has 1 fully saturated rings. The van der Waals surface area contributed by atoms with Crippen LogP contribution in [0, 0.1) is 12.8 Å². The Labute approximate surface area is 147 Å². The molecule has 1 amide bonds. The molecule has 1 N–H and O–H groups in total. The summed E-state index contributed by atoms with van der Waals surface area (Å²) in [5, 5.41) is 12.5. The van der Waals surface area contributed by atoms with Crippen LogP contribution in [-0.4, -0.2) is 27.7 Å². The Morgan fingerprint density at radius 3 is 2.58 bits per heavy atom. The molecule has 130 valence electrons. The number of carbonyl (C=O) groups is 2. The molecule has 1 saturated carbocycles. The number of carbonyl (C=O) groups excluding carboxylic acids is 2. The molecule has 24 heavy (non-hydrogen) atoms. The average Bonchev–Trinajstić information content (AvgIpc) is 3.20. The SMILES string of the molecule is Cc1ccsc1C1C(C(=O)CC(C)C)=C(O)C(=O)N1C1CCCC1. The van der Waals surface area contributed by atoms with Gasteiger partial charge in [-0.2, -0.15) is 0 Å². The normalized spacial score (nSPS) is 22.2. The number of aryl methyl sites for hydroxylation is 1. The van der Waals surface area contributed by atoms with Crippen LogP contribution in [0.15, 0.2) is 22.8 Å². The molecule has 5 heteroatoms. The summed E-state index contributed by atoms with van der Waals surface area (Å²) in [7, 11) is 0. The largest absolute Gasteiger partial charge is 0.503 e. The van der Waals surface area contributed by atoms with Crippen molar-refractivity contribution >= 4 is 23.0 Å². The lowest BCUT2D eigenvalue weighted by Gasteiger charge is -2.31. The van der Waals surface area contributed by atoms with E-state index in [1.807, 2.05) is 32.2 Å². The lowest BCUT2D eigenvalue weighted by atomic mass is 9.94. The molecule has 0 bridgehead atoms. The molecule has 1 aromatic rings. The molecule has 1 aromatic heterocycles. The third-order valence-corrected chi connectivity index (χ3v) is 6.08. The van der Waals surface area contributed by atoms with Crippen molar-refractivity contribution in [3.8, 4) is 0 Å². The molecule has 0 spiro atoms. The molecular weight excluding hydrogens is 322 g/mol. The van der Waals surface area contributed by atoms with E-state index in [0.717, 1.165) is 36.1 Å². The number of thiophene rings is 1. The van der Waals surface area contributed by atoms with Gasteiger partial charge >= 0.3 is 0 Å². The maximum Gasteiger partial charge on any atom is 0.290 e. The topological polar surface area (TPSA) is 57.6 Å². The first kappa shape index (κ1) is 17.2. The van der Waals surface area contributed by atoms with Crippen LogP contribution in [-0.2, 0) is 9.59 Å². The van der Waals surface area contributed by atoms with Crippen molar-refractivity contribution in [3.05, 3.63) is 33.2 Å². The van der Waals surface area contributed by atoms with Crippen molar-refractivity contribution in [2.45, 2.75) is 65.0 Å². The van der Waals surface area contributed by atoms with Gasteiger partial charge in [0.15, 0.2) is 11.5 Å². The van der Waals surface area contributed by atoms with Crippen molar-refractivity contribution < 1.29 is 14.7 Å². The molecule has 0 radical (unpaired) electrons.